The van der Waals surface area contributed by atoms with E-state index in [9.17, 15) is 4.79 Å². The minimum absolute atomic E-state index is 0.0527. The molecule has 0 aliphatic rings. The predicted octanol–water partition coefficient (Wildman–Crippen LogP) is 1.99. The van der Waals surface area contributed by atoms with Gasteiger partial charge in [0.15, 0.2) is 0 Å². The number of hydrogen-bond acceptors (Lipinski definition) is 4. The highest BCUT2D eigenvalue weighted by atomic mass is 32.1. The summed E-state index contributed by atoms with van der Waals surface area (Å²) in [7, 11) is 0. The van der Waals surface area contributed by atoms with Crippen molar-refractivity contribution in [2.75, 3.05) is 6.54 Å². The first kappa shape index (κ1) is 15.5. The number of amides is 2. The molecule has 0 bridgehead atoms. The molecule has 1 aromatic heterocycles. The van der Waals surface area contributed by atoms with E-state index in [1.54, 1.807) is 17.5 Å². The number of aromatic nitrogens is 1. The second kappa shape index (κ2) is 7.75. The molecule has 1 aromatic carbocycles. The fraction of sp³-hybridized carbons (Fsp3) is 0.333. The first-order valence-electron chi connectivity index (χ1n) is 6.79. The average Bonchev–Trinajstić information content (AvgIpc) is 2.91. The molecule has 2 rings (SSSR count). The highest BCUT2D eigenvalue weighted by molar-refractivity contribution is 7.11. The third-order valence-corrected chi connectivity index (χ3v) is 3.89. The topological polar surface area (TPSA) is 74.2 Å². The van der Waals surface area contributed by atoms with Crippen LogP contribution in [0.15, 0.2) is 30.5 Å². The summed E-state index contributed by atoms with van der Waals surface area (Å²) < 4.78 is 0. The molecule has 0 aliphatic heterocycles. The Morgan fingerprint density at radius 2 is 1.95 bits per heavy atom. The summed E-state index contributed by atoms with van der Waals surface area (Å²) >= 11 is 1.58. The molecule has 0 atom stereocenters. The molecule has 6 heteroatoms. The lowest BCUT2D eigenvalue weighted by Gasteiger charge is -2.07. The molecular weight excluding hydrogens is 286 g/mol. The van der Waals surface area contributed by atoms with Crippen LogP contribution in [-0.4, -0.2) is 22.7 Å². The summed E-state index contributed by atoms with van der Waals surface area (Å²) in [5.41, 5.74) is 2.02. The molecule has 2 aromatic rings. The van der Waals surface area contributed by atoms with Crippen LogP contribution >= 0.6 is 11.3 Å². The lowest BCUT2D eigenvalue weighted by molar-refractivity contribution is 0.240. The maximum Gasteiger partial charge on any atom is 0.315 e. The van der Waals surface area contributed by atoms with E-state index in [1.807, 2.05) is 31.2 Å². The van der Waals surface area contributed by atoms with Gasteiger partial charge in [0.05, 0.1) is 13.2 Å². The standard InChI is InChI=1S/C15H19N3O2S/c1-11-8-17-14(21-11)9-18-15(20)16-7-6-12-2-4-13(10-19)5-3-12/h2-5,8,19H,6-7,9-10H2,1H3,(H2,16,18,20). The third-order valence-electron chi connectivity index (χ3n) is 2.97. The van der Waals surface area contributed by atoms with Gasteiger partial charge >= 0.3 is 6.03 Å². The fourth-order valence-corrected chi connectivity index (χ4v) is 2.56. The molecule has 0 saturated heterocycles. The smallest absolute Gasteiger partial charge is 0.315 e. The zero-order chi connectivity index (χ0) is 15.1. The molecule has 0 spiro atoms. The normalized spacial score (nSPS) is 10.4. The molecule has 0 saturated carbocycles. The summed E-state index contributed by atoms with van der Waals surface area (Å²) in [6.07, 6.45) is 2.56. The first-order valence-corrected chi connectivity index (χ1v) is 7.60. The van der Waals surface area contributed by atoms with Crippen molar-refractivity contribution >= 4 is 17.4 Å². The predicted molar refractivity (Wildman–Crippen MR) is 83.2 cm³/mol. The van der Waals surface area contributed by atoms with Gasteiger partial charge in [0, 0.05) is 17.6 Å². The van der Waals surface area contributed by atoms with E-state index in [4.69, 9.17) is 5.11 Å². The first-order chi connectivity index (χ1) is 10.2. The number of hydrogen-bond donors (Lipinski definition) is 3. The summed E-state index contributed by atoms with van der Waals surface area (Å²) in [5.74, 6) is 0. The maximum atomic E-state index is 11.6. The SMILES string of the molecule is Cc1cnc(CNC(=O)NCCc2ccc(CO)cc2)s1. The van der Waals surface area contributed by atoms with Crippen molar-refractivity contribution in [3.05, 3.63) is 51.5 Å². The Morgan fingerprint density at radius 1 is 1.24 bits per heavy atom. The van der Waals surface area contributed by atoms with Gasteiger partial charge in [-0.1, -0.05) is 24.3 Å². The van der Waals surface area contributed by atoms with Gasteiger partial charge in [0.25, 0.3) is 0 Å². The zero-order valence-electron chi connectivity index (χ0n) is 11.9. The Morgan fingerprint density at radius 3 is 2.57 bits per heavy atom. The number of carbonyl (C=O) groups excluding carboxylic acids is 1. The minimum atomic E-state index is -0.185. The van der Waals surface area contributed by atoms with Crippen LogP contribution in [-0.2, 0) is 19.6 Å². The van der Waals surface area contributed by atoms with Crippen LogP contribution in [0.25, 0.3) is 0 Å². The van der Waals surface area contributed by atoms with Crippen LogP contribution in [0, 0.1) is 6.92 Å². The average molecular weight is 305 g/mol. The second-order valence-corrected chi connectivity index (χ2v) is 6.02. The number of aryl methyl sites for hydroxylation is 1. The van der Waals surface area contributed by atoms with E-state index in [1.165, 1.54) is 0 Å². The summed E-state index contributed by atoms with van der Waals surface area (Å²) in [6.45, 7) is 3.07. The number of aliphatic hydroxyl groups is 1. The zero-order valence-corrected chi connectivity index (χ0v) is 12.7. The molecule has 1 heterocycles. The van der Waals surface area contributed by atoms with Crippen LogP contribution in [0.1, 0.15) is 21.0 Å². The van der Waals surface area contributed by atoms with Crippen molar-refractivity contribution in [1.29, 1.82) is 0 Å². The molecule has 2 amide bonds. The fourth-order valence-electron chi connectivity index (χ4n) is 1.83. The van der Waals surface area contributed by atoms with Gasteiger partial charge in [-0.2, -0.15) is 0 Å². The van der Waals surface area contributed by atoms with Crippen LogP contribution in [0.4, 0.5) is 4.79 Å². The molecule has 21 heavy (non-hydrogen) atoms. The second-order valence-electron chi connectivity index (χ2n) is 4.70. The van der Waals surface area contributed by atoms with Crippen molar-refractivity contribution in [3.63, 3.8) is 0 Å². The number of nitrogens with zero attached hydrogens (tertiary/aromatic N) is 1. The van der Waals surface area contributed by atoms with Crippen molar-refractivity contribution in [2.45, 2.75) is 26.5 Å². The number of aliphatic hydroxyl groups excluding tert-OH is 1. The Hall–Kier alpha value is -1.92. The summed E-state index contributed by atoms with van der Waals surface area (Å²) in [4.78, 5) is 17.0. The van der Waals surface area contributed by atoms with Crippen LogP contribution in [0.5, 0.6) is 0 Å². The lowest BCUT2D eigenvalue weighted by atomic mass is 10.1. The van der Waals surface area contributed by atoms with E-state index in [2.05, 4.69) is 15.6 Å². The van der Waals surface area contributed by atoms with Gasteiger partial charge in [-0.05, 0) is 24.5 Å². The van der Waals surface area contributed by atoms with Gasteiger partial charge in [0.1, 0.15) is 5.01 Å². The molecule has 0 radical (unpaired) electrons. The largest absolute Gasteiger partial charge is 0.392 e. The Kier molecular flexibility index (Phi) is 5.71. The van der Waals surface area contributed by atoms with Crippen molar-refractivity contribution < 1.29 is 9.90 Å². The monoisotopic (exact) mass is 305 g/mol. The van der Waals surface area contributed by atoms with Gasteiger partial charge in [-0.25, -0.2) is 9.78 Å². The summed E-state index contributed by atoms with van der Waals surface area (Å²) in [5, 5.41) is 15.5. The molecule has 112 valence electrons. The van der Waals surface area contributed by atoms with Gasteiger partial charge < -0.3 is 15.7 Å². The third kappa shape index (κ3) is 5.17. The number of carbonyl (C=O) groups is 1. The van der Waals surface area contributed by atoms with E-state index < -0.39 is 0 Å². The summed E-state index contributed by atoms with van der Waals surface area (Å²) in [6, 6.07) is 7.52. The van der Waals surface area contributed by atoms with Gasteiger partial charge in [-0.15, -0.1) is 11.3 Å². The van der Waals surface area contributed by atoms with Crippen LogP contribution < -0.4 is 10.6 Å². The van der Waals surface area contributed by atoms with E-state index in [0.717, 1.165) is 27.4 Å². The molecule has 5 nitrogen and oxygen atoms in total. The van der Waals surface area contributed by atoms with E-state index in [0.29, 0.717) is 13.1 Å². The Labute approximate surface area is 128 Å². The highest BCUT2D eigenvalue weighted by Crippen LogP contribution is 2.10. The highest BCUT2D eigenvalue weighted by Gasteiger charge is 2.03. The molecule has 0 aliphatic carbocycles. The van der Waals surface area contributed by atoms with E-state index >= 15 is 0 Å². The number of rotatable bonds is 6. The van der Waals surface area contributed by atoms with Crippen molar-refractivity contribution in [2.24, 2.45) is 0 Å². The lowest BCUT2D eigenvalue weighted by Crippen LogP contribution is -2.36. The quantitative estimate of drug-likeness (QED) is 0.764. The van der Waals surface area contributed by atoms with E-state index in [-0.39, 0.29) is 12.6 Å². The maximum absolute atomic E-state index is 11.6. The Balaban J connectivity index is 1.66. The van der Waals surface area contributed by atoms with Gasteiger partial charge in [-0.3, -0.25) is 0 Å². The minimum Gasteiger partial charge on any atom is -0.392 e. The number of urea groups is 1. The molecule has 0 unspecified atom stereocenters. The molecular formula is C15H19N3O2S. The van der Waals surface area contributed by atoms with Gasteiger partial charge in [0.2, 0.25) is 0 Å². The number of benzene rings is 1. The Bertz CT molecular complexity index is 581. The number of thiazole rings is 1. The number of nitrogens with one attached hydrogen (secondary N) is 2. The van der Waals surface area contributed by atoms with Crippen LogP contribution in [0.3, 0.4) is 0 Å². The molecule has 0 fully saturated rings. The van der Waals surface area contributed by atoms with Crippen molar-refractivity contribution in [3.8, 4) is 0 Å². The van der Waals surface area contributed by atoms with Crippen molar-refractivity contribution in [1.82, 2.24) is 15.6 Å². The molecule has 3 N–H and O–H groups in total. The van der Waals surface area contributed by atoms with Crippen LogP contribution in [0.2, 0.25) is 0 Å².